The zero-order valence-electron chi connectivity index (χ0n) is 9.77. The summed E-state index contributed by atoms with van der Waals surface area (Å²) in [6, 6.07) is 8.47. The van der Waals surface area contributed by atoms with Gasteiger partial charge in [0, 0.05) is 16.8 Å². The largest absolute Gasteiger partial charge is 0.322 e. The molecule has 4 nitrogen and oxygen atoms in total. The lowest BCUT2D eigenvalue weighted by atomic mass is 10.3. The minimum Gasteiger partial charge on any atom is -0.309 e. The van der Waals surface area contributed by atoms with Crippen LogP contribution in [0.15, 0.2) is 24.3 Å². The number of amides is 2. The Morgan fingerprint density at radius 2 is 2.06 bits per heavy atom. The Kier molecular flexibility index (Phi) is 4.80. The number of rotatable bonds is 3. The fourth-order valence-electron chi connectivity index (χ4n) is 1.29. The third-order valence-corrected chi connectivity index (χ3v) is 2.47. The van der Waals surface area contributed by atoms with Crippen LogP contribution in [-0.4, -0.2) is 23.5 Å². The number of carbonyl (C=O) groups excluding carboxylic acids is 1. The summed E-state index contributed by atoms with van der Waals surface area (Å²) in [6.07, 6.45) is 0. The molecule has 1 N–H and O–H groups in total. The van der Waals surface area contributed by atoms with Gasteiger partial charge in [0.1, 0.15) is 6.54 Å². The molecule has 0 spiro atoms. The fourth-order valence-corrected chi connectivity index (χ4v) is 1.42. The summed E-state index contributed by atoms with van der Waals surface area (Å²) in [5, 5.41) is 12.0. The van der Waals surface area contributed by atoms with Gasteiger partial charge in [-0.15, -0.1) is 0 Å². The normalized spacial score (nSPS) is 9.82. The topological polar surface area (TPSA) is 56.1 Å². The van der Waals surface area contributed by atoms with Crippen molar-refractivity contribution < 1.29 is 4.79 Å². The number of halogens is 1. The van der Waals surface area contributed by atoms with E-state index in [0.717, 1.165) is 0 Å². The molecule has 0 saturated carbocycles. The van der Waals surface area contributed by atoms with Gasteiger partial charge in [-0.25, -0.2) is 4.79 Å². The van der Waals surface area contributed by atoms with Crippen molar-refractivity contribution in [3.8, 4) is 6.07 Å². The molecule has 0 fully saturated rings. The lowest BCUT2D eigenvalue weighted by Gasteiger charge is -2.24. The summed E-state index contributed by atoms with van der Waals surface area (Å²) >= 11 is 5.74. The van der Waals surface area contributed by atoms with E-state index >= 15 is 0 Å². The molecule has 2 amide bonds. The highest BCUT2D eigenvalue weighted by atomic mass is 35.5. The van der Waals surface area contributed by atoms with Crippen LogP contribution in [0.3, 0.4) is 0 Å². The summed E-state index contributed by atoms with van der Waals surface area (Å²) in [6.45, 7) is 3.79. The third kappa shape index (κ3) is 3.97. The first-order chi connectivity index (χ1) is 8.04. The third-order valence-electron chi connectivity index (χ3n) is 2.22. The summed E-state index contributed by atoms with van der Waals surface area (Å²) in [5.74, 6) is 0. The molecule has 17 heavy (non-hydrogen) atoms. The second-order valence-electron chi connectivity index (χ2n) is 3.82. The van der Waals surface area contributed by atoms with E-state index in [1.165, 1.54) is 4.90 Å². The Labute approximate surface area is 106 Å². The van der Waals surface area contributed by atoms with Gasteiger partial charge in [-0.05, 0) is 38.1 Å². The second kappa shape index (κ2) is 6.12. The minimum absolute atomic E-state index is 0.0260. The van der Waals surface area contributed by atoms with Crippen LogP contribution in [0.1, 0.15) is 13.8 Å². The fraction of sp³-hybridized carbons (Fsp3) is 0.333. The highest BCUT2D eigenvalue weighted by molar-refractivity contribution is 6.30. The van der Waals surface area contributed by atoms with Crippen LogP contribution in [0.25, 0.3) is 0 Å². The van der Waals surface area contributed by atoms with Gasteiger partial charge in [0.05, 0.1) is 6.07 Å². The summed E-state index contributed by atoms with van der Waals surface area (Å²) in [5.41, 5.74) is 0.656. The number of hydrogen-bond donors (Lipinski definition) is 1. The van der Waals surface area contributed by atoms with E-state index < -0.39 is 0 Å². The standard InChI is InChI=1S/C12H14ClN3O/c1-9(2)16(8-7-14)12(17)15-11-5-3-10(13)4-6-11/h3-6,9H,8H2,1-2H3,(H,15,17). The number of anilines is 1. The zero-order chi connectivity index (χ0) is 12.8. The predicted octanol–water partition coefficient (Wildman–Crippen LogP) is 3.11. The Bertz CT molecular complexity index is 422. The lowest BCUT2D eigenvalue weighted by molar-refractivity contribution is 0.205. The molecule has 1 aromatic carbocycles. The van der Waals surface area contributed by atoms with Crippen LogP contribution in [-0.2, 0) is 0 Å². The molecule has 0 aliphatic heterocycles. The highest BCUT2D eigenvalue weighted by Crippen LogP contribution is 2.14. The van der Waals surface area contributed by atoms with Crippen molar-refractivity contribution in [3.05, 3.63) is 29.3 Å². The molecular formula is C12H14ClN3O. The van der Waals surface area contributed by atoms with Crippen LogP contribution >= 0.6 is 11.6 Å². The van der Waals surface area contributed by atoms with Crippen molar-refractivity contribution in [3.63, 3.8) is 0 Å². The molecule has 0 atom stereocenters. The van der Waals surface area contributed by atoms with E-state index in [4.69, 9.17) is 16.9 Å². The molecule has 0 radical (unpaired) electrons. The molecule has 1 rings (SSSR count). The van der Waals surface area contributed by atoms with E-state index in [2.05, 4.69) is 5.32 Å². The molecule has 1 aromatic rings. The lowest BCUT2D eigenvalue weighted by Crippen LogP contribution is -2.40. The average Bonchev–Trinajstić information content (AvgIpc) is 2.28. The number of nitrogens with one attached hydrogen (secondary N) is 1. The first-order valence-electron chi connectivity index (χ1n) is 5.24. The molecule has 90 valence electrons. The molecule has 0 unspecified atom stereocenters. The minimum atomic E-state index is -0.288. The van der Waals surface area contributed by atoms with Crippen LogP contribution in [0, 0.1) is 11.3 Å². The van der Waals surface area contributed by atoms with Gasteiger partial charge in [-0.2, -0.15) is 5.26 Å². The van der Waals surface area contributed by atoms with Crippen molar-refractivity contribution >= 4 is 23.3 Å². The number of carbonyl (C=O) groups is 1. The predicted molar refractivity (Wildman–Crippen MR) is 67.9 cm³/mol. The van der Waals surface area contributed by atoms with Gasteiger partial charge in [0.2, 0.25) is 0 Å². The van der Waals surface area contributed by atoms with Gasteiger partial charge in [0.25, 0.3) is 0 Å². The summed E-state index contributed by atoms with van der Waals surface area (Å²) in [4.78, 5) is 13.3. The zero-order valence-corrected chi connectivity index (χ0v) is 10.5. The van der Waals surface area contributed by atoms with Crippen LogP contribution in [0.4, 0.5) is 10.5 Å². The van der Waals surface area contributed by atoms with Crippen molar-refractivity contribution in [1.82, 2.24) is 4.90 Å². The van der Waals surface area contributed by atoms with Gasteiger partial charge in [-0.3, -0.25) is 0 Å². The van der Waals surface area contributed by atoms with Crippen molar-refractivity contribution in [2.24, 2.45) is 0 Å². The molecule has 0 aromatic heterocycles. The molecule has 5 heteroatoms. The van der Waals surface area contributed by atoms with Crippen LogP contribution in [0.2, 0.25) is 5.02 Å². The first-order valence-corrected chi connectivity index (χ1v) is 5.62. The van der Waals surface area contributed by atoms with Crippen LogP contribution in [0.5, 0.6) is 0 Å². The maximum atomic E-state index is 11.9. The maximum absolute atomic E-state index is 11.9. The highest BCUT2D eigenvalue weighted by Gasteiger charge is 2.16. The molecule has 0 bridgehead atoms. The quantitative estimate of drug-likeness (QED) is 0.840. The van der Waals surface area contributed by atoms with Gasteiger partial charge in [-0.1, -0.05) is 11.6 Å². The van der Waals surface area contributed by atoms with E-state index in [1.807, 2.05) is 19.9 Å². The van der Waals surface area contributed by atoms with E-state index in [9.17, 15) is 4.79 Å². The monoisotopic (exact) mass is 251 g/mol. The SMILES string of the molecule is CC(C)N(CC#N)C(=O)Nc1ccc(Cl)cc1. The van der Waals surface area contributed by atoms with Gasteiger partial charge < -0.3 is 10.2 Å². The molecular weight excluding hydrogens is 238 g/mol. The number of nitrogens with zero attached hydrogens (tertiary/aromatic N) is 2. The molecule has 0 saturated heterocycles. The average molecular weight is 252 g/mol. The van der Waals surface area contributed by atoms with Crippen molar-refractivity contribution in [1.29, 1.82) is 5.26 Å². The Hall–Kier alpha value is -1.73. The van der Waals surface area contributed by atoms with Crippen molar-refractivity contribution in [2.75, 3.05) is 11.9 Å². The number of urea groups is 1. The smallest absolute Gasteiger partial charge is 0.309 e. The van der Waals surface area contributed by atoms with E-state index in [1.54, 1.807) is 24.3 Å². The molecule has 0 heterocycles. The van der Waals surface area contributed by atoms with Crippen LogP contribution < -0.4 is 5.32 Å². The maximum Gasteiger partial charge on any atom is 0.322 e. The summed E-state index contributed by atoms with van der Waals surface area (Å²) in [7, 11) is 0. The number of hydrogen-bond acceptors (Lipinski definition) is 2. The first kappa shape index (κ1) is 13.3. The Balaban J connectivity index is 2.70. The van der Waals surface area contributed by atoms with E-state index in [0.29, 0.717) is 10.7 Å². The van der Waals surface area contributed by atoms with Gasteiger partial charge >= 0.3 is 6.03 Å². The summed E-state index contributed by atoms with van der Waals surface area (Å²) < 4.78 is 0. The number of benzene rings is 1. The Morgan fingerprint density at radius 3 is 2.53 bits per heavy atom. The van der Waals surface area contributed by atoms with E-state index in [-0.39, 0.29) is 18.6 Å². The molecule has 0 aliphatic rings. The van der Waals surface area contributed by atoms with Gasteiger partial charge in [0.15, 0.2) is 0 Å². The number of nitriles is 1. The second-order valence-corrected chi connectivity index (χ2v) is 4.25. The van der Waals surface area contributed by atoms with Crippen molar-refractivity contribution in [2.45, 2.75) is 19.9 Å². The molecule has 0 aliphatic carbocycles. The Morgan fingerprint density at radius 1 is 1.47 bits per heavy atom.